The summed E-state index contributed by atoms with van der Waals surface area (Å²) in [6.07, 6.45) is 0.585. The van der Waals surface area contributed by atoms with E-state index in [4.69, 9.17) is 10.3 Å². The van der Waals surface area contributed by atoms with Crippen LogP contribution < -0.4 is 5.73 Å². The van der Waals surface area contributed by atoms with E-state index in [1.165, 1.54) is 0 Å². The zero-order valence-corrected chi connectivity index (χ0v) is 12.1. The summed E-state index contributed by atoms with van der Waals surface area (Å²) < 4.78 is 5.30. The van der Waals surface area contributed by atoms with Crippen LogP contribution in [-0.4, -0.2) is 15.1 Å². The smallest absolute Gasteiger partial charge is 0.257 e. The van der Waals surface area contributed by atoms with E-state index in [9.17, 15) is 0 Å². The maximum Gasteiger partial charge on any atom is 0.257 e. The summed E-state index contributed by atoms with van der Waals surface area (Å²) in [6, 6.07) is 5.67. The predicted octanol–water partition coefficient (Wildman–Crippen LogP) is 2.98. The van der Waals surface area contributed by atoms with Gasteiger partial charge in [0, 0.05) is 16.6 Å². The van der Waals surface area contributed by atoms with Crippen LogP contribution in [0.2, 0.25) is 0 Å². The average molecular weight is 286 g/mol. The SMILES string of the molecule is Cc1nc(Cc2noc(-c3ccc(N)c(C)c3)n2)cs1. The standard InChI is InChI=1S/C14H14N4OS/c1-8-5-10(3-4-12(8)15)14-17-13(18-19-14)6-11-7-20-9(2)16-11/h3-5,7H,6,15H2,1-2H3. The Balaban J connectivity index is 1.84. The minimum atomic E-state index is 0.509. The zero-order valence-electron chi connectivity index (χ0n) is 11.3. The molecular weight excluding hydrogens is 272 g/mol. The van der Waals surface area contributed by atoms with Crippen molar-refractivity contribution in [2.75, 3.05) is 5.73 Å². The molecule has 0 aliphatic rings. The molecule has 0 atom stereocenters. The van der Waals surface area contributed by atoms with Gasteiger partial charge in [-0.1, -0.05) is 5.16 Å². The van der Waals surface area contributed by atoms with Crippen LogP contribution in [0.5, 0.6) is 0 Å². The van der Waals surface area contributed by atoms with Crippen molar-refractivity contribution >= 4 is 17.0 Å². The lowest BCUT2D eigenvalue weighted by molar-refractivity contribution is 0.423. The summed E-state index contributed by atoms with van der Waals surface area (Å²) >= 11 is 1.62. The van der Waals surface area contributed by atoms with Gasteiger partial charge in [-0.15, -0.1) is 11.3 Å². The highest BCUT2D eigenvalue weighted by atomic mass is 32.1. The molecule has 0 aliphatic heterocycles. The Morgan fingerprint density at radius 2 is 2.10 bits per heavy atom. The molecule has 0 saturated heterocycles. The highest BCUT2D eigenvalue weighted by molar-refractivity contribution is 7.09. The number of aromatic nitrogens is 3. The molecule has 2 N–H and O–H groups in total. The summed E-state index contributed by atoms with van der Waals surface area (Å²) in [4.78, 5) is 8.80. The fourth-order valence-corrected chi connectivity index (χ4v) is 2.52. The number of benzene rings is 1. The van der Waals surface area contributed by atoms with Crippen molar-refractivity contribution in [3.05, 3.63) is 45.7 Å². The lowest BCUT2D eigenvalue weighted by Gasteiger charge is -2.00. The van der Waals surface area contributed by atoms with Crippen molar-refractivity contribution < 1.29 is 4.52 Å². The summed E-state index contributed by atoms with van der Waals surface area (Å²) in [5.41, 5.74) is 9.40. The Labute approximate surface area is 120 Å². The highest BCUT2D eigenvalue weighted by Crippen LogP contribution is 2.22. The van der Waals surface area contributed by atoms with E-state index in [1.54, 1.807) is 11.3 Å². The molecule has 0 unspecified atom stereocenters. The maximum absolute atomic E-state index is 5.80. The number of nitrogen functional groups attached to an aromatic ring is 1. The molecule has 0 bridgehead atoms. The molecule has 20 heavy (non-hydrogen) atoms. The third kappa shape index (κ3) is 2.55. The van der Waals surface area contributed by atoms with Crippen LogP contribution in [0, 0.1) is 13.8 Å². The maximum atomic E-state index is 5.80. The molecule has 5 nitrogen and oxygen atoms in total. The van der Waals surface area contributed by atoms with Crippen molar-refractivity contribution in [3.8, 4) is 11.5 Å². The van der Waals surface area contributed by atoms with Crippen molar-refractivity contribution in [2.24, 2.45) is 0 Å². The van der Waals surface area contributed by atoms with Crippen LogP contribution in [0.1, 0.15) is 22.1 Å². The highest BCUT2D eigenvalue weighted by Gasteiger charge is 2.11. The number of nitrogens with two attached hydrogens (primary N) is 1. The molecule has 3 aromatic rings. The molecule has 0 amide bonds. The topological polar surface area (TPSA) is 77.8 Å². The first-order valence-electron chi connectivity index (χ1n) is 6.22. The molecule has 6 heteroatoms. The van der Waals surface area contributed by atoms with Gasteiger partial charge >= 0.3 is 0 Å². The third-order valence-corrected chi connectivity index (χ3v) is 3.81. The number of anilines is 1. The first kappa shape index (κ1) is 12.8. The molecule has 2 heterocycles. The number of nitrogens with zero attached hydrogens (tertiary/aromatic N) is 3. The van der Waals surface area contributed by atoms with Gasteiger partial charge in [0.2, 0.25) is 0 Å². The fraction of sp³-hybridized carbons (Fsp3) is 0.214. The van der Waals surface area contributed by atoms with Gasteiger partial charge in [-0.05, 0) is 37.6 Å². The molecule has 3 rings (SSSR count). The van der Waals surface area contributed by atoms with Gasteiger partial charge in [0.1, 0.15) is 0 Å². The molecule has 0 saturated carbocycles. The van der Waals surface area contributed by atoms with E-state index in [0.29, 0.717) is 18.1 Å². The first-order valence-corrected chi connectivity index (χ1v) is 7.10. The number of hydrogen-bond acceptors (Lipinski definition) is 6. The number of hydrogen-bond donors (Lipinski definition) is 1. The van der Waals surface area contributed by atoms with Crippen molar-refractivity contribution in [3.63, 3.8) is 0 Å². The molecule has 0 fully saturated rings. The van der Waals surface area contributed by atoms with Gasteiger partial charge in [0.05, 0.1) is 17.1 Å². The van der Waals surface area contributed by atoms with E-state index in [-0.39, 0.29) is 0 Å². The summed E-state index contributed by atoms with van der Waals surface area (Å²) in [7, 11) is 0. The third-order valence-electron chi connectivity index (χ3n) is 2.99. The minimum absolute atomic E-state index is 0.509. The summed E-state index contributed by atoms with van der Waals surface area (Å²) in [5.74, 6) is 1.15. The van der Waals surface area contributed by atoms with Crippen molar-refractivity contribution in [1.29, 1.82) is 0 Å². The van der Waals surface area contributed by atoms with Crippen LogP contribution in [-0.2, 0) is 6.42 Å². The monoisotopic (exact) mass is 286 g/mol. The molecule has 0 radical (unpaired) electrons. The van der Waals surface area contributed by atoms with Gasteiger partial charge in [0.15, 0.2) is 5.82 Å². The molecule has 1 aromatic carbocycles. The van der Waals surface area contributed by atoms with Crippen molar-refractivity contribution in [1.82, 2.24) is 15.1 Å². The quantitative estimate of drug-likeness (QED) is 0.749. The second-order valence-electron chi connectivity index (χ2n) is 4.62. The average Bonchev–Trinajstić information content (AvgIpc) is 3.03. The second-order valence-corrected chi connectivity index (χ2v) is 5.68. The van der Waals surface area contributed by atoms with Gasteiger partial charge in [-0.2, -0.15) is 4.98 Å². The van der Waals surface area contributed by atoms with Crippen LogP contribution in [0.15, 0.2) is 28.1 Å². The Hall–Kier alpha value is -2.21. The predicted molar refractivity (Wildman–Crippen MR) is 78.5 cm³/mol. The van der Waals surface area contributed by atoms with Gasteiger partial charge < -0.3 is 10.3 Å². The largest absolute Gasteiger partial charge is 0.399 e. The summed E-state index contributed by atoms with van der Waals surface area (Å²) in [6.45, 7) is 3.93. The van der Waals surface area contributed by atoms with E-state index in [2.05, 4.69) is 15.1 Å². The van der Waals surface area contributed by atoms with Gasteiger partial charge in [-0.3, -0.25) is 0 Å². The lowest BCUT2D eigenvalue weighted by Crippen LogP contribution is -1.92. The molecular formula is C14H14N4OS. The van der Waals surface area contributed by atoms with E-state index in [0.717, 1.165) is 27.5 Å². The summed E-state index contributed by atoms with van der Waals surface area (Å²) in [5, 5.41) is 7.05. The number of thiazole rings is 1. The Morgan fingerprint density at radius 3 is 2.80 bits per heavy atom. The minimum Gasteiger partial charge on any atom is -0.399 e. The van der Waals surface area contributed by atoms with Gasteiger partial charge in [-0.25, -0.2) is 4.98 Å². The molecule has 0 aliphatic carbocycles. The van der Waals surface area contributed by atoms with E-state index >= 15 is 0 Å². The van der Waals surface area contributed by atoms with Crippen LogP contribution in [0.4, 0.5) is 5.69 Å². The molecule has 0 spiro atoms. The zero-order chi connectivity index (χ0) is 14.1. The molecule has 102 valence electrons. The van der Waals surface area contributed by atoms with Crippen LogP contribution >= 0.6 is 11.3 Å². The van der Waals surface area contributed by atoms with Crippen LogP contribution in [0.3, 0.4) is 0 Å². The normalized spacial score (nSPS) is 10.9. The fourth-order valence-electron chi connectivity index (χ4n) is 1.90. The van der Waals surface area contributed by atoms with E-state index in [1.807, 2.05) is 37.4 Å². The van der Waals surface area contributed by atoms with E-state index < -0.39 is 0 Å². The Morgan fingerprint density at radius 1 is 1.25 bits per heavy atom. The first-order chi connectivity index (χ1) is 9.61. The van der Waals surface area contributed by atoms with Gasteiger partial charge in [0.25, 0.3) is 5.89 Å². The Kier molecular flexibility index (Phi) is 3.23. The molecule has 2 aromatic heterocycles. The Bertz CT molecular complexity index is 747. The lowest BCUT2D eigenvalue weighted by atomic mass is 10.1. The number of aryl methyl sites for hydroxylation is 2. The number of rotatable bonds is 3. The second kappa shape index (κ2) is 5.05. The van der Waals surface area contributed by atoms with Crippen molar-refractivity contribution in [2.45, 2.75) is 20.3 Å². The van der Waals surface area contributed by atoms with Crippen LogP contribution in [0.25, 0.3) is 11.5 Å².